The van der Waals surface area contributed by atoms with Crippen molar-refractivity contribution in [2.75, 3.05) is 36.9 Å². The number of rotatable bonds is 3. The highest BCUT2D eigenvalue weighted by molar-refractivity contribution is 5.77. The molecule has 0 spiro atoms. The molecule has 0 radical (unpaired) electrons. The number of morpholine rings is 1. The fourth-order valence-electron chi connectivity index (χ4n) is 3.21. The number of pyridine rings is 1. The highest BCUT2D eigenvalue weighted by Gasteiger charge is 2.18. The van der Waals surface area contributed by atoms with Crippen LogP contribution >= 0.6 is 0 Å². The highest BCUT2D eigenvalue weighted by Crippen LogP contribution is 2.22. The molecule has 0 bridgehead atoms. The Labute approximate surface area is 184 Å². The molecule has 1 aromatic carbocycles. The van der Waals surface area contributed by atoms with Gasteiger partial charge in [-0.15, -0.1) is 5.10 Å². The van der Waals surface area contributed by atoms with Crippen LogP contribution in [0.3, 0.4) is 0 Å². The first-order valence-corrected chi connectivity index (χ1v) is 9.95. The fraction of sp³-hybridized carbons (Fsp3) is 0.182. The molecule has 3 N–H and O–H groups in total. The molecule has 32 heavy (non-hydrogen) atoms. The SMILES string of the molecule is N#Cc1cccc(C=N)c1.Nc1cc(N2CCOCC2)n2nc(-c3ccncc3)nc2n1. The lowest BCUT2D eigenvalue weighted by atomic mass is 10.1. The first kappa shape index (κ1) is 20.9. The van der Waals surface area contributed by atoms with Gasteiger partial charge < -0.3 is 20.8 Å². The minimum Gasteiger partial charge on any atom is -0.383 e. The van der Waals surface area contributed by atoms with Crippen LogP contribution in [0.2, 0.25) is 0 Å². The van der Waals surface area contributed by atoms with E-state index in [4.69, 9.17) is 21.1 Å². The summed E-state index contributed by atoms with van der Waals surface area (Å²) in [6.45, 7) is 2.97. The molecule has 0 amide bonds. The summed E-state index contributed by atoms with van der Waals surface area (Å²) < 4.78 is 7.13. The van der Waals surface area contributed by atoms with Crippen molar-refractivity contribution in [3.63, 3.8) is 0 Å². The van der Waals surface area contributed by atoms with E-state index < -0.39 is 0 Å². The number of benzene rings is 1. The van der Waals surface area contributed by atoms with Crippen LogP contribution in [0.1, 0.15) is 11.1 Å². The number of nitrogens with two attached hydrogens (primary N) is 1. The van der Waals surface area contributed by atoms with Crippen molar-refractivity contribution in [2.24, 2.45) is 0 Å². The molecule has 0 atom stereocenters. The summed E-state index contributed by atoms with van der Waals surface area (Å²) in [7, 11) is 0. The van der Waals surface area contributed by atoms with Crippen LogP contribution in [0.4, 0.5) is 11.6 Å². The standard InChI is InChI=1S/C14H15N7O.C8H6N2/c15-11-9-12(20-5-7-22-8-6-20)21-14(17-11)18-13(19-21)10-1-3-16-4-2-10;9-5-7-2-1-3-8(4-7)6-10/h1-4,9H,5-8H2,(H2,15,17,18,19);1-5,9H. The van der Waals surface area contributed by atoms with Crippen molar-refractivity contribution < 1.29 is 4.74 Å². The van der Waals surface area contributed by atoms with E-state index in [2.05, 4.69) is 25.0 Å². The Morgan fingerprint density at radius 3 is 2.59 bits per heavy atom. The number of aromatic nitrogens is 5. The van der Waals surface area contributed by atoms with Crippen molar-refractivity contribution in [3.05, 3.63) is 66.0 Å². The number of hydrogen-bond acceptors (Lipinski definition) is 9. The van der Waals surface area contributed by atoms with Gasteiger partial charge in [0.1, 0.15) is 11.6 Å². The summed E-state index contributed by atoms with van der Waals surface area (Å²) in [5.74, 6) is 2.42. The molecule has 1 saturated heterocycles. The molecule has 10 nitrogen and oxygen atoms in total. The maximum Gasteiger partial charge on any atom is 0.256 e. The Morgan fingerprint density at radius 2 is 1.88 bits per heavy atom. The highest BCUT2D eigenvalue weighted by atomic mass is 16.5. The van der Waals surface area contributed by atoms with Crippen molar-refractivity contribution in [2.45, 2.75) is 0 Å². The first-order chi connectivity index (χ1) is 15.7. The molecule has 10 heteroatoms. The molecule has 3 aromatic heterocycles. The van der Waals surface area contributed by atoms with Crippen LogP contribution < -0.4 is 10.6 Å². The first-order valence-electron chi connectivity index (χ1n) is 9.95. The minimum absolute atomic E-state index is 0.433. The topological polar surface area (TPSA) is 142 Å². The molecule has 0 saturated carbocycles. The second-order valence-corrected chi connectivity index (χ2v) is 6.90. The van der Waals surface area contributed by atoms with E-state index in [0.717, 1.165) is 30.0 Å². The molecule has 160 valence electrons. The van der Waals surface area contributed by atoms with Gasteiger partial charge in [0.25, 0.3) is 5.78 Å². The van der Waals surface area contributed by atoms with Crippen LogP contribution in [-0.2, 0) is 4.74 Å². The molecule has 0 unspecified atom stereocenters. The molecule has 0 aliphatic carbocycles. The second-order valence-electron chi connectivity index (χ2n) is 6.90. The summed E-state index contributed by atoms with van der Waals surface area (Å²) >= 11 is 0. The van der Waals surface area contributed by atoms with E-state index in [1.165, 1.54) is 6.21 Å². The third-order valence-electron chi connectivity index (χ3n) is 4.77. The van der Waals surface area contributed by atoms with Gasteiger partial charge in [0, 0.05) is 43.3 Å². The third-order valence-corrected chi connectivity index (χ3v) is 4.77. The van der Waals surface area contributed by atoms with E-state index >= 15 is 0 Å². The predicted octanol–water partition coefficient (Wildman–Crippen LogP) is 2.16. The minimum atomic E-state index is 0.433. The summed E-state index contributed by atoms with van der Waals surface area (Å²) in [5.41, 5.74) is 8.18. The number of nitriles is 1. The van der Waals surface area contributed by atoms with Crippen LogP contribution in [0.15, 0.2) is 54.9 Å². The number of fused-ring (bicyclic) bond motifs is 1. The van der Waals surface area contributed by atoms with Gasteiger partial charge in [-0.1, -0.05) is 12.1 Å². The molecular formula is C22H21N9O. The average Bonchev–Trinajstić information content (AvgIpc) is 3.29. The van der Waals surface area contributed by atoms with Crippen molar-refractivity contribution in [1.82, 2.24) is 24.6 Å². The largest absolute Gasteiger partial charge is 0.383 e. The van der Waals surface area contributed by atoms with Crippen LogP contribution in [-0.4, -0.2) is 57.1 Å². The van der Waals surface area contributed by atoms with Gasteiger partial charge in [-0.3, -0.25) is 4.98 Å². The number of nitrogens with zero attached hydrogens (tertiary/aromatic N) is 7. The van der Waals surface area contributed by atoms with E-state index in [1.807, 2.05) is 24.3 Å². The Morgan fingerprint density at radius 1 is 1.09 bits per heavy atom. The monoisotopic (exact) mass is 427 g/mol. The van der Waals surface area contributed by atoms with Gasteiger partial charge in [-0.05, 0) is 29.8 Å². The summed E-state index contributed by atoms with van der Waals surface area (Å²) in [6.07, 6.45) is 4.65. The van der Waals surface area contributed by atoms with Crippen molar-refractivity contribution in [1.29, 1.82) is 10.7 Å². The lowest BCUT2D eigenvalue weighted by molar-refractivity contribution is 0.122. The lowest BCUT2D eigenvalue weighted by Crippen LogP contribution is -2.37. The summed E-state index contributed by atoms with van der Waals surface area (Å²) in [4.78, 5) is 14.9. The molecule has 1 aliphatic rings. The van der Waals surface area contributed by atoms with Gasteiger partial charge in [0.15, 0.2) is 5.82 Å². The van der Waals surface area contributed by atoms with Gasteiger partial charge >= 0.3 is 0 Å². The van der Waals surface area contributed by atoms with E-state index in [0.29, 0.717) is 36.2 Å². The second kappa shape index (κ2) is 9.63. The normalized spacial score (nSPS) is 13.2. The number of nitrogen functional groups attached to an aromatic ring is 1. The lowest BCUT2D eigenvalue weighted by Gasteiger charge is -2.28. The fourth-order valence-corrected chi connectivity index (χ4v) is 3.21. The number of anilines is 2. The Hall–Kier alpha value is -4.36. The van der Waals surface area contributed by atoms with E-state index in [-0.39, 0.29) is 0 Å². The van der Waals surface area contributed by atoms with Gasteiger partial charge in [0.05, 0.1) is 24.8 Å². The maximum absolute atomic E-state index is 8.43. The zero-order valence-corrected chi connectivity index (χ0v) is 17.2. The average molecular weight is 427 g/mol. The zero-order valence-electron chi connectivity index (χ0n) is 17.2. The van der Waals surface area contributed by atoms with Crippen molar-refractivity contribution in [3.8, 4) is 17.5 Å². The smallest absolute Gasteiger partial charge is 0.256 e. The van der Waals surface area contributed by atoms with Gasteiger partial charge in [0.2, 0.25) is 0 Å². The molecule has 4 heterocycles. The van der Waals surface area contributed by atoms with Crippen molar-refractivity contribution >= 4 is 23.6 Å². The quantitative estimate of drug-likeness (QED) is 0.474. The Bertz CT molecular complexity index is 1260. The number of ether oxygens (including phenoxy) is 1. The number of hydrogen-bond donors (Lipinski definition) is 2. The van der Waals surface area contributed by atoms with E-state index in [1.54, 1.807) is 41.2 Å². The number of nitrogens with one attached hydrogen (secondary N) is 1. The molecule has 5 rings (SSSR count). The van der Waals surface area contributed by atoms with Crippen LogP contribution in [0.5, 0.6) is 0 Å². The Kier molecular flexibility index (Phi) is 6.29. The van der Waals surface area contributed by atoms with E-state index in [9.17, 15) is 0 Å². The Balaban J connectivity index is 0.000000207. The maximum atomic E-state index is 8.43. The van der Waals surface area contributed by atoms with Gasteiger partial charge in [-0.2, -0.15) is 19.7 Å². The third kappa shape index (κ3) is 4.69. The predicted molar refractivity (Wildman–Crippen MR) is 121 cm³/mol. The molecule has 1 fully saturated rings. The molecular weight excluding hydrogens is 406 g/mol. The molecule has 1 aliphatic heterocycles. The summed E-state index contributed by atoms with van der Waals surface area (Å²) in [5, 5.41) is 19.9. The zero-order chi connectivity index (χ0) is 22.3. The molecule has 4 aromatic rings. The van der Waals surface area contributed by atoms with Gasteiger partial charge in [-0.25, -0.2) is 0 Å². The van der Waals surface area contributed by atoms with Crippen LogP contribution in [0, 0.1) is 16.7 Å². The summed E-state index contributed by atoms with van der Waals surface area (Å²) in [6, 6.07) is 14.5. The van der Waals surface area contributed by atoms with Crippen LogP contribution in [0.25, 0.3) is 17.2 Å².